The van der Waals surface area contributed by atoms with E-state index in [0.29, 0.717) is 11.2 Å². The summed E-state index contributed by atoms with van der Waals surface area (Å²) in [6.45, 7) is 5.04. The summed E-state index contributed by atoms with van der Waals surface area (Å²) in [5.41, 5.74) is 0.660. The third-order valence-corrected chi connectivity index (χ3v) is 8.45. The Morgan fingerprint density at radius 2 is 1.86 bits per heavy atom. The van der Waals surface area contributed by atoms with Gasteiger partial charge in [0.2, 0.25) is 0 Å². The van der Waals surface area contributed by atoms with E-state index in [1.54, 1.807) is 0 Å². The largest absolute Gasteiger partial charge is 0.300 e. The van der Waals surface area contributed by atoms with E-state index in [1.807, 2.05) is 0 Å². The van der Waals surface area contributed by atoms with Crippen LogP contribution in [0.5, 0.6) is 0 Å². The first-order valence-electron chi connectivity index (χ1n) is 9.65. The van der Waals surface area contributed by atoms with Crippen LogP contribution in [0.1, 0.15) is 78.1 Å². The molecule has 4 rings (SSSR count). The lowest BCUT2D eigenvalue weighted by molar-refractivity contribution is -0.127. The molecular formula is C20H32O. The summed E-state index contributed by atoms with van der Waals surface area (Å²) < 4.78 is 0. The summed E-state index contributed by atoms with van der Waals surface area (Å²) in [7, 11) is 0. The number of hydrogen-bond donors (Lipinski definition) is 0. The Kier molecular flexibility index (Phi) is 3.47. The molecule has 3 unspecified atom stereocenters. The van der Waals surface area contributed by atoms with Gasteiger partial charge in [-0.25, -0.2) is 0 Å². The fourth-order valence-corrected chi connectivity index (χ4v) is 7.44. The Morgan fingerprint density at radius 1 is 1.00 bits per heavy atom. The molecule has 0 aromatic carbocycles. The molecule has 118 valence electrons. The zero-order chi connectivity index (χ0) is 14.6. The first-order chi connectivity index (χ1) is 10.1. The molecule has 0 N–H and O–H groups in total. The van der Waals surface area contributed by atoms with E-state index in [1.165, 1.54) is 51.4 Å². The molecule has 21 heavy (non-hydrogen) atoms. The smallest absolute Gasteiger partial charge is 0.133 e. The van der Waals surface area contributed by atoms with Gasteiger partial charge in [0, 0.05) is 12.8 Å². The fraction of sp³-hybridized carbons (Fsp3) is 0.950. The van der Waals surface area contributed by atoms with E-state index >= 15 is 0 Å². The first kappa shape index (κ1) is 14.3. The molecule has 0 bridgehead atoms. The van der Waals surface area contributed by atoms with Crippen LogP contribution in [-0.2, 0) is 4.79 Å². The van der Waals surface area contributed by atoms with Gasteiger partial charge < -0.3 is 0 Å². The van der Waals surface area contributed by atoms with Crippen LogP contribution in [-0.4, -0.2) is 5.78 Å². The molecule has 0 aliphatic heterocycles. The van der Waals surface area contributed by atoms with Crippen molar-refractivity contribution in [3.8, 4) is 0 Å². The van der Waals surface area contributed by atoms with Gasteiger partial charge >= 0.3 is 0 Å². The van der Waals surface area contributed by atoms with Crippen LogP contribution in [0.15, 0.2) is 0 Å². The second-order valence-electron chi connectivity index (χ2n) is 8.94. The molecule has 0 saturated heterocycles. The molecule has 4 aliphatic carbocycles. The maximum absolute atomic E-state index is 11.8. The van der Waals surface area contributed by atoms with Crippen molar-refractivity contribution < 1.29 is 4.79 Å². The van der Waals surface area contributed by atoms with Gasteiger partial charge in [-0.1, -0.05) is 20.3 Å². The zero-order valence-electron chi connectivity index (χ0n) is 13.9. The van der Waals surface area contributed by atoms with Crippen molar-refractivity contribution >= 4 is 5.78 Å². The zero-order valence-corrected chi connectivity index (χ0v) is 13.9. The van der Waals surface area contributed by atoms with Crippen molar-refractivity contribution in [2.75, 3.05) is 0 Å². The van der Waals surface area contributed by atoms with Crippen molar-refractivity contribution in [1.82, 2.24) is 0 Å². The number of fused-ring (bicyclic) bond motifs is 5. The van der Waals surface area contributed by atoms with Gasteiger partial charge in [0.15, 0.2) is 0 Å². The monoisotopic (exact) mass is 288 g/mol. The second-order valence-corrected chi connectivity index (χ2v) is 8.94. The van der Waals surface area contributed by atoms with Crippen LogP contribution in [0.2, 0.25) is 0 Å². The van der Waals surface area contributed by atoms with Crippen LogP contribution < -0.4 is 0 Å². The third kappa shape index (κ3) is 2.05. The molecular weight excluding hydrogens is 256 g/mol. The van der Waals surface area contributed by atoms with Gasteiger partial charge in [-0.3, -0.25) is 4.79 Å². The maximum Gasteiger partial charge on any atom is 0.133 e. The minimum Gasteiger partial charge on any atom is -0.300 e. The number of hydrogen-bond acceptors (Lipinski definition) is 1. The Hall–Kier alpha value is -0.330. The van der Waals surface area contributed by atoms with Crippen molar-refractivity contribution in [3.05, 3.63) is 0 Å². The summed E-state index contributed by atoms with van der Waals surface area (Å²) >= 11 is 0. The lowest BCUT2D eigenvalue weighted by Gasteiger charge is -2.55. The van der Waals surface area contributed by atoms with E-state index in [-0.39, 0.29) is 0 Å². The highest BCUT2D eigenvalue weighted by Gasteiger charge is 2.56. The lowest BCUT2D eigenvalue weighted by atomic mass is 9.49. The highest BCUT2D eigenvalue weighted by atomic mass is 16.1. The van der Waals surface area contributed by atoms with Gasteiger partial charge in [-0.05, 0) is 85.9 Å². The molecule has 0 aromatic rings. The molecule has 7 atom stereocenters. The summed E-state index contributed by atoms with van der Waals surface area (Å²) in [5.74, 6) is 6.23. The fourth-order valence-electron chi connectivity index (χ4n) is 7.44. The molecule has 4 aliphatic rings. The highest BCUT2D eigenvalue weighted by Crippen LogP contribution is 2.64. The number of rotatable bonds is 1. The van der Waals surface area contributed by atoms with Gasteiger partial charge in [-0.2, -0.15) is 0 Å². The SMILES string of the molecule is CCC1CCC2[C@@H]3CC[C@@H]4CC(=O)CC[C@@H]4C3CC[C@]12C. The van der Waals surface area contributed by atoms with E-state index in [4.69, 9.17) is 0 Å². The average Bonchev–Trinajstić information content (AvgIpc) is 2.83. The van der Waals surface area contributed by atoms with Crippen molar-refractivity contribution in [1.29, 1.82) is 0 Å². The highest BCUT2D eigenvalue weighted by molar-refractivity contribution is 5.79. The van der Waals surface area contributed by atoms with Crippen LogP contribution in [0.25, 0.3) is 0 Å². The van der Waals surface area contributed by atoms with Crippen molar-refractivity contribution in [3.63, 3.8) is 0 Å². The molecule has 0 aromatic heterocycles. The quantitative estimate of drug-likeness (QED) is 0.645. The molecule has 1 nitrogen and oxygen atoms in total. The van der Waals surface area contributed by atoms with E-state index in [2.05, 4.69) is 13.8 Å². The molecule has 0 heterocycles. The predicted molar refractivity (Wildman–Crippen MR) is 85.9 cm³/mol. The lowest BCUT2D eigenvalue weighted by Crippen LogP contribution is -2.48. The topological polar surface area (TPSA) is 17.1 Å². The van der Waals surface area contributed by atoms with Crippen LogP contribution in [0.3, 0.4) is 0 Å². The first-order valence-corrected chi connectivity index (χ1v) is 9.65. The Morgan fingerprint density at radius 3 is 2.67 bits per heavy atom. The molecule has 4 saturated carbocycles. The molecule has 0 amide bonds. The third-order valence-electron chi connectivity index (χ3n) is 8.45. The van der Waals surface area contributed by atoms with E-state index in [9.17, 15) is 4.79 Å². The van der Waals surface area contributed by atoms with Crippen molar-refractivity contribution in [2.45, 2.75) is 78.1 Å². The molecule has 0 spiro atoms. The van der Waals surface area contributed by atoms with Crippen molar-refractivity contribution in [2.24, 2.45) is 40.9 Å². The second kappa shape index (κ2) is 5.10. The van der Waals surface area contributed by atoms with Gasteiger partial charge in [-0.15, -0.1) is 0 Å². The predicted octanol–water partition coefficient (Wildman–Crippen LogP) is 5.23. The molecule has 4 fully saturated rings. The summed E-state index contributed by atoms with van der Waals surface area (Å²) in [5, 5.41) is 0. The number of carbonyl (C=O) groups excluding carboxylic acids is 1. The minimum absolute atomic E-state index is 0.558. The molecule has 1 heteroatoms. The number of Topliss-reactive ketones (excluding diaryl/α,β-unsaturated/α-hetero) is 1. The van der Waals surface area contributed by atoms with Gasteiger partial charge in [0.05, 0.1) is 0 Å². The standard InChI is InChI=1S/C20H32O/c1-3-14-5-9-19-18-7-4-13-12-15(21)6-8-16(13)17(18)10-11-20(14,19)2/h13-14,16-19H,3-12H2,1-2H3/t13-,14?,16+,17?,18-,19?,20-/m1/s1. The average molecular weight is 288 g/mol. The van der Waals surface area contributed by atoms with Gasteiger partial charge in [0.25, 0.3) is 0 Å². The van der Waals surface area contributed by atoms with E-state index < -0.39 is 0 Å². The number of ketones is 1. The van der Waals surface area contributed by atoms with Crippen LogP contribution in [0, 0.1) is 40.9 Å². The summed E-state index contributed by atoms with van der Waals surface area (Å²) in [6.07, 6.45) is 13.2. The Balaban J connectivity index is 1.56. The minimum atomic E-state index is 0.558. The normalized spacial score (nSPS) is 53.0. The maximum atomic E-state index is 11.8. The van der Waals surface area contributed by atoms with Crippen LogP contribution in [0.4, 0.5) is 0 Å². The Labute approximate surface area is 130 Å². The summed E-state index contributed by atoms with van der Waals surface area (Å²) in [4.78, 5) is 11.8. The van der Waals surface area contributed by atoms with Crippen LogP contribution >= 0.6 is 0 Å². The summed E-state index contributed by atoms with van der Waals surface area (Å²) in [6, 6.07) is 0. The Bertz CT molecular complexity index is 428. The number of carbonyl (C=O) groups is 1. The molecule has 0 radical (unpaired) electrons. The van der Waals surface area contributed by atoms with Gasteiger partial charge in [0.1, 0.15) is 5.78 Å². The van der Waals surface area contributed by atoms with E-state index in [0.717, 1.165) is 48.3 Å².